The Balaban J connectivity index is 3.06. The van der Waals surface area contributed by atoms with Gasteiger partial charge in [0.1, 0.15) is 23.9 Å². The molecule has 11 nitrogen and oxygen atoms in total. The van der Waals surface area contributed by atoms with Crippen LogP contribution in [-0.2, 0) is 14.3 Å². The first-order valence-corrected chi connectivity index (χ1v) is 7.59. The number of hydrogen-bond donors (Lipinski definition) is 7. The highest BCUT2D eigenvalue weighted by Crippen LogP contribution is 2.30. The molecule has 0 aliphatic carbocycles. The number of ether oxygens (including phenoxy) is 2. The zero-order valence-electron chi connectivity index (χ0n) is 14.1. The van der Waals surface area contributed by atoms with E-state index >= 15 is 0 Å². The van der Waals surface area contributed by atoms with Crippen molar-refractivity contribution in [3.8, 4) is 0 Å². The van der Waals surface area contributed by atoms with Crippen LogP contribution < -0.4 is 5.32 Å². The zero-order valence-corrected chi connectivity index (χ0v) is 14.1. The van der Waals surface area contributed by atoms with Crippen molar-refractivity contribution in [2.75, 3.05) is 6.61 Å². The molecule has 1 saturated heterocycles. The molecule has 25 heavy (non-hydrogen) atoms. The maximum atomic E-state index is 11.9. The first-order chi connectivity index (χ1) is 11.3. The van der Waals surface area contributed by atoms with Crippen molar-refractivity contribution in [3.05, 3.63) is 0 Å². The van der Waals surface area contributed by atoms with Crippen LogP contribution in [0.15, 0.2) is 0 Å². The average molecular weight is 367 g/mol. The molecule has 1 amide bonds. The number of amides is 1. The third kappa shape index (κ3) is 5.49. The summed E-state index contributed by atoms with van der Waals surface area (Å²) in [5, 5.41) is 59.9. The van der Waals surface area contributed by atoms with Crippen molar-refractivity contribution in [2.24, 2.45) is 0 Å². The van der Waals surface area contributed by atoms with Gasteiger partial charge in [-0.2, -0.15) is 0 Å². The lowest BCUT2D eigenvalue weighted by Gasteiger charge is -2.44. The van der Waals surface area contributed by atoms with Gasteiger partial charge < -0.3 is 45.4 Å². The van der Waals surface area contributed by atoms with Gasteiger partial charge in [-0.05, 0) is 20.8 Å². The maximum absolute atomic E-state index is 11.9. The standard InChI is InChI=1S/C14H25NO10/c1-13(2,3)25-12(22)15-8-6(17)4-14(23,11(20)21)24-10(8)9(19)7(18)5-16/h6-10,16-19,23H,4-5H2,1-3H3,(H,15,22)(H,20,21)/t6-,7?,8+,9?,10+,14-/m0/s1. The van der Waals surface area contributed by atoms with E-state index in [1.54, 1.807) is 20.8 Å². The van der Waals surface area contributed by atoms with Gasteiger partial charge in [0.25, 0.3) is 5.79 Å². The number of aliphatic hydroxyl groups excluding tert-OH is 4. The Morgan fingerprint density at radius 1 is 1.36 bits per heavy atom. The smallest absolute Gasteiger partial charge is 0.408 e. The molecule has 1 aliphatic rings. The van der Waals surface area contributed by atoms with E-state index in [0.717, 1.165) is 0 Å². The molecule has 1 rings (SSSR count). The van der Waals surface area contributed by atoms with E-state index in [1.165, 1.54) is 0 Å². The van der Waals surface area contributed by atoms with Crippen LogP contribution in [0.25, 0.3) is 0 Å². The van der Waals surface area contributed by atoms with Crippen molar-refractivity contribution in [1.29, 1.82) is 0 Å². The number of hydrogen-bond acceptors (Lipinski definition) is 9. The van der Waals surface area contributed by atoms with E-state index in [-0.39, 0.29) is 0 Å². The molecule has 0 aromatic carbocycles. The van der Waals surface area contributed by atoms with E-state index in [2.05, 4.69) is 5.32 Å². The molecule has 0 aromatic heterocycles. The first kappa shape index (κ1) is 21.5. The summed E-state index contributed by atoms with van der Waals surface area (Å²) in [6.07, 6.45) is -8.85. The summed E-state index contributed by atoms with van der Waals surface area (Å²) in [6.45, 7) is 3.87. The minimum Gasteiger partial charge on any atom is -0.477 e. The van der Waals surface area contributed by atoms with Crippen molar-refractivity contribution in [3.63, 3.8) is 0 Å². The molecule has 1 heterocycles. The number of aliphatic hydroxyl groups is 5. The van der Waals surface area contributed by atoms with Crippen molar-refractivity contribution >= 4 is 12.1 Å². The second-order valence-electron chi connectivity index (χ2n) is 6.86. The second-order valence-corrected chi connectivity index (χ2v) is 6.86. The van der Waals surface area contributed by atoms with Gasteiger partial charge in [-0.3, -0.25) is 0 Å². The number of aliphatic carboxylic acids is 1. The summed E-state index contributed by atoms with van der Waals surface area (Å²) in [5.41, 5.74) is -0.870. The number of rotatable bonds is 5. The van der Waals surface area contributed by atoms with Gasteiger partial charge in [0.15, 0.2) is 0 Å². The lowest BCUT2D eigenvalue weighted by atomic mass is 9.89. The monoisotopic (exact) mass is 367 g/mol. The fourth-order valence-electron chi connectivity index (χ4n) is 2.34. The number of alkyl carbamates (subject to hydrolysis) is 1. The van der Waals surface area contributed by atoms with Gasteiger partial charge >= 0.3 is 12.1 Å². The molecule has 7 N–H and O–H groups in total. The highest BCUT2D eigenvalue weighted by Gasteiger charge is 2.54. The predicted octanol–water partition coefficient (Wildman–Crippen LogP) is -2.48. The van der Waals surface area contributed by atoms with Crippen LogP contribution in [0.3, 0.4) is 0 Å². The third-order valence-corrected chi connectivity index (χ3v) is 3.52. The summed E-state index contributed by atoms with van der Waals surface area (Å²) < 4.78 is 9.95. The maximum Gasteiger partial charge on any atom is 0.408 e. The Hall–Kier alpha value is -1.50. The first-order valence-electron chi connectivity index (χ1n) is 7.59. The molecule has 0 saturated carbocycles. The van der Waals surface area contributed by atoms with Crippen molar-refractivity contribution < 1.29 is 49.7 Å². The third-order valence-electron chi connectivity index (χ3n) is 3.52. The SMILES string of the molecule is CC(C)(C)OC(=O)N[C@@H]1[C@@H](O)C[C@@](O)(C(=O)O)O[C@H]1C(O)C(O)CO. The number of carbonyl (C=O) groups is 2. The van der Waals surface area contributed by atoms with Crippen LogP contribution >= 0.6 is 0 Å². The molecule has 0 radical (unpaired) electrons. The predicted molar refractivity (Wildman–Crippen MR) is 80.3 cm³/mol. The van der Waals surface area contributed by atoms with Gasteiger partial charge in [-0.25, -0.2) is 9.59 Å². The van der Waals surface area contributed by atoms with Crippen LogP contribution in [0.4, 0.5) is 4.79 Å². The molecule has 6 atom stereocenters. The van der Waals surface area contributed by atoms with Gasteiger partial charge in [0, 0.05) is 6.42 Å². The summed E-state index contributed by atoms with van der Waals surface area (Å²) in [6, 6.07) is -1.41. The Bertz CT molecular complexity index is 492. The molecule has 1 aliphatic heterocycles. The van der Waals surface area contributed by atoms with Crippen LogP contribution in [0.1, 0.15) is 27.2 Å². The topological polar surface area (TPSA) is 186 Å². The Morgan fingerprint density at radius 3 is 2.36 bits per heavy atom. The summed E-state index contributed by atoms with van der Waals surface area (Å²) in [5.74, 6) is -4.66. The summed E-state index contributed by atoms with van der Waals surface area (Å²) in [4.78, 5) is 23.1. The molecule has 0 spiro atoms. The highest BCUT2D eigenvalue weighted by atomic mass is 16.7. The minimum atomic E-state index is -2.84. The fraction of sp³-hybridized carbons (Fsp3) is 0.857. The molecule has 11 heteroatoms. The molecule has 0 aromatic rings. The molecule has 0 bridgehead atoms. The lowest BCUT2D eigenvalue weighted by molar-refractivity contribution is -0.294. The van der Waals surface area contributed by atoms with E-state index in [0.29, 0.717) is 0 Å². The molecular formula is C14H25NO10. The van der Waals surface area contributed by atoms with Crippen LogP contribution in [0.2, 0.25) is 0 Å². The van der Waals surface area contributed by atoms with Crippen LogP contribution in [-0.4, -0.2) is 91.2 Å². The molecule has 146 valence electrons. The van der Waals surface area contributed by atoms with Gasteiger partial charge in [0.05, 0.1) is 18.8 Å². The summed E-state index contributed by atoms with van der Waals surface area (Å²) in [7, 11) is 0. The Morgan fingerprint density at radius 2 is 1.92 bits per heavy atom. The second kappa shape index (κ2) is 7.81. The fourth-order valence-corrected chi connectivity index (χ4v) is 2.34. The highest BCUT2D eigenvalue weighted by molar-refractivity contribution is 5.75. The average Bonchev–Trinajstić information content (AvgIpc) is 2.46. The molecular weight excluding hydrogens is 342 g/mol. The number of carboxylic acid groups (broad SMARTS) is 1. The minimum absolute atomic E-state index is 0.804. The Labute approximate surface area is 143 Å². The number of carboxylic acids is 1. The van der Waals surface area contributed by atoms with Crippen molar-refractivity contribution in [2.45, 2.75) is 69.0 Å². The van der Waals surface area contributed by atoms with Gasteiger partial charge in [-0.15, -0.1) is 0 Å². The van der Waals surface area contributed by atoms with Gasteiger partial charge in [0.2, 0.25) is 0 Å². The number of nitrogens with one attached hydrogen (secondary N) is 1. The van der Waals surface area contributed by atoms with E-state index in [1.807, 2.05) is 0 Å². The normalized spacial score (nSPS) is 32.6. The number of carbonyl (C=O) groups excluding carboxylic acids is 1. The van der Waals surface area contributed by atoms with Crippen molar-refractivity contribution in [1.82, 2.24) is 5.32 Å². The van der Waals surface area contributed by atoms with E-state index < -0.39 is 66.9 Å². The largest absolute Gasteiger partial charge is 0.477 e. The molecule has 1 fully saturated rings. The zero-order chi connectivity index (χ0) is 19.6. The Kier molecular flexibility index (Phi) is 6.73. The quantitative estimate of drug-likeness (QED) is 0.274. The van der Waals surface area contributed by atoms with E-state index in [9.17, 15) is 30.0 Å². The summed E-state index contributed by atoms with van der Waals surface area (Å²) >= 11 is 0. The molecule has 2 unspecified atom stereocenters. The lowest BCUT2D eigenvalue weighted by Crippen LogP contribution is -2.67. The van der Waals surface area contributed by atoms with Crippen LogP contribution in [0, 0.1) is 0 Å². The van der Waals surface area contributed by atoms with Crippen LogP contribution in [0.5, 0.6) is 0 Å². The van der Waals surface area contributed by atoms with Gasteiger partial charge in [-0.1, -0.05) is 0 Å². The van der Waals surface area contributed by atoms with E-state index in [4.69, 9.17) is 19.7 Å².